The minimum absolute atomic E-state index is 0.259. The maximum atomic E-state index is 13.1. The van der Waals surface area contributed by atoms with Crippen molar-refractivity contribution in [3.05, 3.63) is 65.5 Å². The quantitative estimate of drug-likeness (QED) is 0.772. The summed E-state index contributed by atoms with van der Waals surface area (Å²) in [6.07, 6.45) is 0.838. The predicted octanol–water partition coefficient (Wildman–Crippen LogP) is 3.97. The Labute approximate surface area is 101 Å². The smallest absolute Gasteiger partial charge is 0.126 e. The van der Waals surface area contributed by atoms with Crippen LogP contribution in [0.3, 0.4) is 0 Å². The molecule has 2 rings (SSSR count). The number of hydrogen-bond acceptors (Lipinski definition) is 1. The molecular weight excluding hydrogens is 215 g/mol. The summed E-state index contributed by atoms with van der Waals surface area (Å²) in [5.41, 5.74) is 2.11. The van der Waals surface area contributed by atoms with Crippen molar-refractivity contribution < 1.29 is 9.13 Å². The highest BCUT2D eigenvalue weighted by Gasteiger charge is 2.04. The van der Waals surface area contributed by atoms with Crippen molar-refractivity contribution in [2.24, 2.45) is 0 Å². The SMILES string of the molecule is CCc1ccc(F)cc1OCc1ccccc1. The highest BCUT2D eigenvalue weighted by atomic mass is 19.1. The Balaban J connectivity index is 2.11. The minimum atomic E-state index is -0.259. The van der Waals surface area contributed by atoms with Gasteiger partial charge in [0, 0.05) is 6.07 Å². The molecular formula is C15H15FO. The third-order valence-electron chi connectivity index (χ3n) is 2.65. The Morgan fingerprint density at radius 3 is 2.53 bits per heavy atom. The third kappa shape index (κ3) is 3.06. The van der Waals surface area contributed by atoms with E-state index in [1.807, 2.05) is 37.3 Å². The van der Waals surface area contributed by atoms with Crippen molar-refractivity contribution in [2.45, 2.75) is 20.0 Å². The molecule has 0 aliphatic carbocycles. The predicted molar refractivity (Wildman–Crippen MR) is 66.6 cm³/mol. The van der Waals surface area contributed by atoms with Crippen LogP contribution in [-0.4, -0.2) is 0 Å². The summed E-state index contributed by atoms with van der Waals surface area (Å²) >= 11 is 0. The zero-order valence-electron chi connectivity index (χ0n) is 9.82. The Bertz CT molecular complexity index is 480. The molecule has 0 saturated heterocycles. The van der Waals surface area contributed by atoms with Crippen LogP contribution in [0.25, 0.3) is 0 Å². The highest BCUT2D eigenvalue weighted by Crippen LogP contribution is 2.21. The second-order valence-corrected chi connectivity index (χ2v) is 3.88. The van der Waals surface area contributed by atoms with Gasteiger partial charge in [-0.3, -0.25) is 0 Å². The molecule has 0 aliphatic heterocycles. The normalized spacial score (nSPS) is 10.2. The van der Waals surface area contributed by atoms with Crippen LogP contribution in [0.15, 0.2) is 48.5 Å². The van der Waals surface area contributed by atoms with Crippen LogP contribution in [0.1, 0.15) is 18.1 Å². The lowest BCUT2D eigenvalue weighted by Gasteiger charge is -2.10. The Morgan fingerprint density at radius 2 is 1.82 bits per heavy atom. The van der Waals surface area contributed by atoms with E-state index in [1.54, 1.807) is 6.07 Å². The Morgan fingerprint density at radius 1 is 1.06 bits per heavy atom. The fourth-order valence-electron chi connectivity index (χ4n) is 1.69. The summed E-state index contributed by atoms with van der Waals surface area (Å²) in [6, 6.07) is 14.6. The molecule has 88 valence electrons. The molecule has 0 N–H and O–H groups in total. The van der Waals surface area contributed by atoms with Crippen LogP contribution in [0.2, 0.25) is 0 Å². The molecule has 2 aromatic carbocycles. The van der Waals surface area contributed by atoms with E-state index in [2.05, 4.69) is 0 Å². The topological polar surface area (TPSA) is 9.23 Å². The van der Waals surface area contributed by atoms with Gasteiger partial charge in [-0.2, -0.15) is 0 Å². The standard InChI is InChI=1S/C15H15FO/c1-2-13-8-9-14(16)10-15(13)17-11-12-6-4-3-5-7-12/h3-10H,2,11H2,1H3. The van der Waals surface area contributed by atoms with E-state index in [0.29, 0.717) is 12.4 Å². The van der Waals surface area contributed by atoms with Crippen molar-refractivity contribution in [3.8, 4) is 5.75 Å². The van der Waals surface area contributed by atoms with Crippen molar-refractivity contribution in [3.63, 3.8) is 0 Å². The van der Waals surface area contributed by atoms with Crippen molar-refractivity contribution >= 4 is 0 Å². The van der Waals surface area contributed by atoms with E-state index in [0.717, 1.165) is 17.5 Å². The summed E-state index contributed by atoms with van der Waals surface area (Å²) in [4.78, 5) is 0. The molecule has 0 atom stereocenters. The summed E-state index contributed by atoms with van der Waals surface area (Å²) in [5, 5.41) is 0. The van der Waals surface area contributed by atoms with Crippen molar-refractivity contribution in [2.75, 3.05) is 0 Å². The van der Waals surface area contributed by atoms with Gasteiger partial charge in [0.2, 0.25) is 0 Å². The first kappa shape index (κ1) is 11.6. The van der Waals surface area contributed by atoms with E-state index in [-0.39, 0.29) is 5.82 Å². The highest BCUT2D eigenvalue weighted by molar-refractivity contribution is 5.34. The Kier molecular flexibility index (Phi) is 3.76. The average Bonchev–Trinajstić information content (AvgIpc) is 2.38. The number of rotatable bonds is 4. The molecule has 0 heterocycles. The van der Waals surface area contributed by atoms with Gasteiger partial charge in [0.25, 0.3) is 0 Å². The summed E-state index contributed by atoms with van der Waals surface area (Å²) in [5.74, 6) is 0.376. The van der Waals surface area contributed by atoms with Crippen LogP contribution in [-0.2, 0) is 13.0 Å². The van der Waals surface area contributed by atoms with Gasteiger partial charge in [0.15, 0.2) is 0 Å². The second-order valence-electron chi connectivity index (χ2n) is 3.88. The van der Waals surface area contributed by atoms with Gasteiger partial charge in [-0.15, -0.1) is 0 Å². The minimum Gasteiger partial charge on any atom is -0.489 e. The summed E-state index contributed by atoms with van der Waals surface area (Å²) in [6.45, 7) is 2.50. The lowest BCUT2D eigenvalue weighted by Crippen LogP contribution is -1.98. The Hall–Kier alpha value is -1.83. The monoisotopic (exact) mass is 230 g/mol. The molecule has 0 saturated carbocycles. The average molecular weight is 230 g/mol. The zero-order chi connectivity index (χ0) is 12.1. The molecule has 0 bridgehead atoms. The number of benzene rings is 2. The fraction of sp³-hybridized carbons (Fsp3) is 0.200. The zero-order valence-corrected chi connectivity index (χ0v) is 9.82. The van der Waals surface area contributed by atoms with E-state index >= 15 is 0 Å². The molecule has 0 aliphatic rings. The summed E-state index contributed by atoms with van der Waals surface area (Å²) in [7, 11) is 0. The number of ether oxygens (including phenoxy) is 1. The fourth-order valence-corrected chi connectivity index (χ4v) is 1.69. The van der Waals surface area contributed by atoms with Gasteiger partial charge in [0.05, 0.1) is 0 Å². The van der Waals surface area contributed by atoms with Crippen LogP contribution >= 0.6 is 0 Å². The van der Waals surface area contributed by atoms with Crippen LogP contribution in [0.5, 0.6) is 5.75 Å². The lowest BCUT2D eigenvalue weighted by molar-refractivity contribution is 0.301. The molecule has 2 aromatic rings. The first-order chi connectivity index (χ1) is 8.29. The van der Waals surface area contributed by atoms with Crippen molar-refractivity contribution in [1.29, 1.82) is 0 Å². The van der Waals surface area contributed by atoms with E-state index in [4.69, 9.17) is 4.74 Å². The molecule has 0 unspecified atom stereocenters. The van der Waals surface area contributed by atoms with Gasteiger partial charge in [-0.05, 0) is 23.6 Å². The first-order valence-corrected chi connectivity index (χ1v) is 5.74. The van der Waals surface area contributed by atoms with Gasteiger partial charge in [0.1, 0.15) is 18.2 Å². The summed E-state index contributed by atoms with van der Waals surface area (Å²) < 4.78 is 18.8. The third-order valence-corrected chi connectivity index (χ3v) is 2.65. The molecule has 1 nitrogen and oxygen atoms in total. The molecule has 2 heteroatoms. The van der Waals surface area contributed by atoms with Gasteiger partial charge < -0.3 is 4.74 Å². The molecule has 0 spiro atoms. The van der Waals surface area contributed by atoms with Crippen LogP contribution < -0.4 is 4.74 Å². The van der Waals surface area contributed by atoms with Crippen LogP contribution in [0, 0.1) is 5.82 Å². The second kappa shape index (κ2) is 5.48. The number of hydrogen-bond donors (Lipinski definition) is 0. The number of aryl methyl sites for hydroxylation is 1. The van der Waals surface area contributed by atoms with Gasteiger partial charge >= 0.3 is 0 Å². The maximum absolute atomic E-state index is 13.1. The van der Waals surface area contributed by atoms with Crippen LogP contribution in [0.4, 0.5) is 4.39 Å². The van der Waals surface area contributed by atoms with E-state index in [9.17, 15) is 4.39 Å². The van der Waals surface area contributed by atoms with Crippen molar-refractivity contribution in [1.82, 2.24) is 0 Å². The first-order valence-electron chi connectivity index (χ1n) is 5.74. The molecule has 0 aromatic heterocycles. The largest absolute Gasteiger partial charge is 0.489 e. The molecule has 0 fully saturated rings. The molecule has 0 amide bonds. The number of halogens is 1. The maximum Gasteiger partial charge on any atom is 0.126 e. The van der Waals surface area contributed by atoms with Gasteiger partial charge in [-0.1, -0.05) is 43.3 Å². The van der Waals surface area contributed by atoms with E-state index in [1.165, 1.54) is 12.1 Å². The lowest BCUT2D eigenvalue weighted by atomic mass is 10.1. The van der Waals surface area contributed by atoms with Gasteiger partial charge in [-0.25, -0.2) is 4.39 Å². The van der Waals surface area contributed by atoms with E-state index < -0.39 is 0 Å². The molecule has 17 heavy (non-hydrogen) atoms. The molecule has 0 radical (unpaired) electrons.